The first-order chi connectivity index (χ1) is 10.1. The molecule has 2 atom stereocenters. The molecule has 3 rings (SSSR count). The van der Waals surface area contributed by atoms with Crippen molar-refractivity contribution in [2.24, 2.45) is 0 Å². The average molecular weight is 322 g/mol. The fraction of sp³-hybridized carbons (Fsp3) is 0.467. The normalized spacial score (nSPS) is 22.5. The number of hydrogen-bond acceptors (Lipinski definition) is 5. The average Bonchev–Trinajstić information content (AvgIpc) is 3.07. The summed E-state index contributed by atoms with van der Waals surface area (Å²) in [6.45, 7) is 5.36. The minimum Gasteiger partial charge on any atom is -0.372 e. The Kier molecular flexibility index (Phi) is 4.37. The molecule has 2 unspecified atom stereocenters. The van der Waals surface area contributed by atoms with Crippen LogP contribution in [0.2, 0.25) is 0 Å². The summed E-state index contributed by atoms with van der Waals surface area (Å²) in [7, 11) is 0. The molecule has 1 aliphatic rings. The third kappa shape index (κ3) is 3.51. The molecular formula is C15H18N2O2S2. The fourth-order valence-electron chi connectivity index (χ4n) is 2.56. The number of carbonyl (C=O) groups is 1. The number of hydrogen-bond donors (Lipinski definition) is 0. The van der Waals surface area contributed by atoms with E-state index in [1.54, 1.807) is 22.7 Å². The smallest absolute Gasteiger partial charge is 0.228 e. The molecule has 2 aromatic heterocycles. The van der Waals surface area contributed by atoms with Crippen LogP contribution in [0.1, 0.15) is 19.5 Å². The highest BCUT2D eigenvalue weighted by atomic mass is 32.1. The van der Waals surface area contributed by atoms with Gasteiger partial charge in [0.2, 0.25) is 5.91 Å². The Bertz CT molecular complexity index is 599. The minimum atomic E-state index is 0.106. The maximum atomic E-state index is 12.4. The largest absolute Gasteiger partial charge is 0.372 e. The molecule has 0 bridgehead atoms. The van der Waals surface area contributed by atoms with Crippen molar-refractivity contribution < 1.29 is 9.53 Å². The van der Waals surface area contributed by atoms with E-state index in [0.717, 1.165) is 16.3 Å². The summed E-state index contributed by atoms with van der Waals surface area (Å²) >= 11 is 3.26. The first-order valence-corrected chi connectivity index (χ1v) is 8.84. The Balaban J connectivity index is 1.65. The lowest BCUT2D eigenvalue weighted by Gasteiger charge is -2.35. The summed E-state index contributed by atoms with van der Waals surface area (Å²) in [6, 6.07) is 2.06. The van der Waals surface area contributed by atoms with E-state index in [1.165, 1.54) is 0 Å². The molecule has 1 saturated heterocycles. The van der Waals surface area contributed by atoms with Crippen LogP contribution in [0.25, 0.3) is 10.6 Å². The summed E-state index contributed by atoms with van der Waals surface area (Å²) in [4.78, 5) is 18.9. The third-order valence-corrected chi connectivity index (χ3v) is 5.05. The highest BCUT2D eigenvalue weighted by Crippen LogP contribution is 2.26. The second-order valence-corrected chi connectivity index (χ2v) is 7.03. The van der Waals surface area contributed by atoms with E-state index in [2.05, 4.69) is 16.4 Å². The lowest BCUT2D eigenvalue weighted by Crippen LogP contribution is -2.48. The van der Waals surface area contributed by atoms with Gasteiger partial charge >= 0.3 is 0 Å². The van der Waals surface area contributed by atoms with Gasteiger partial charge in [-0.1, -0.05) is 0 Å². The molecule has 0 saturated carbocycles. The van der Waals surface area contributed by atoms with Crippen molar-refractivity contribution in [2.45, 2.75) is 32.5 Å². The quantitative estimate of drug-likeness (QED) is 0.872. The molecule has 0 spiro atoms. The van der Waals surface area contributed by atoms with Crippen molar-refractivity contribution in [1.82, 2.24) is 9.88 Å². The first-order valence-electron chi connectivity index (χ1n) is 7.02. The zero-order valence-electron chi connectivity index (χ0n) is 12.1. The second kappa shape index (κ2) is 6.25. The van der Waals surface area contributed by atoms with Gasteiger partial charge < -0.3 is 9.64 Å². The van der Waals surface area contributed by atoms with Crippen LogP contribution in [0, 0.1) is 0 Å². The van der Waals surface area contributed by atoms with E-state index in [4.69, 9.17) is 4.74 Å². The molecule has 0 radical (unpaired) electrons. The standard InChI is InChI=1S/C15H18N2O2S2/c1-10-6-17(7-11(2)19-10)14(18)5-13-9-21-15(16-13)12-3-4-20-8-12/h3-4,8-11H,5-7H2,1-2H3. The molecule has 1 fully saturated rings. The van der Waals surface area contributed by atoms with Crippen molar-refractivity contribution in [3.8, 4) is 10.6 Å². The number of rotatable bonds is 3. The lowest BCUT2D eigenvalue weighted by atomic mass is 10.2. The molecule has 0 aliphatic carbocycles. The van der Waals surface area contributed by atoms with E-state index in [-0.39, 0.29) is 18.1 Å². The van der Waals surface area contributed by atoms with Crippen LogP contribution in [0.3, 0.4) is 0 Å². The van der Waals surface area contributed by atoms with Crippen LogP contribution in [0.4, 0.5) is 0 Å². The summed E-state index contributed by atoms with van der Waals surface area (Å²) in [5.74, 6) is 0.138. The molecule has 21 heavy (non-hydrogen) atoms. The van der Waals surface area contributed by atoms with Gasteiger partial charge in [-0.3, -0.25) is 4.79 Å². The van der Waals surface area contributed by atoms with Gasteiger partial charge in [0, 0.05) is 29.4 Å². The summed E-state index contributed by atoms with van der Waals surface area (Å²) in [5.41, 5.74) is 2.00. The van der Waals surface area contributed by atoms with Crippen LogP contribution < -0.4 is 0 Å². The number of morpholine rings is 1. The molecular weight excluding hydrogens is 304 g/mol. The first kappa shape index (κ1) is 14.7. The molecule has 6 heteroatoms. The fourth-order valence-corrected chi connectivity index (χ4v) is 4.09. The molecule has 4 nitrogen and oxygen atoms in total. The van der Waals surface area contributed by atoms with Crippen molar-refractivity contribution >= 4 is 28.6 Å². The number of amides is 1. The van der Waals surface area contributed by atoms with Gasteiger partial charge in [-0.15, -0.1) is 11.3 Å². The molecule has 3 heterocycles. The molecule has 2 aromatic rings. The van der Waals surface area contributed by atoms with Crippen LogP contribution >= 0.6 is 22.7 Å². The number of aromatic nitrogens is 1. The van der Waals surface area contributed by atoms with Gasteiger partial charge in [-0.2, -0.15) is 11.3 Å². The Morgan fingerprint density at radius 1 is 1.38 bits per heavy atom. The molecule has 1 aliphatic heterocycles. The van der Waals surface area contributed by atoms with Gasteiger partial charge in [0.15, 0.2) is 0 Å². The van der Waals surface area contributed by atoms with Crippen molar-refractivity contribution in [1.29, 1.82) is 0 Å². The van der Waals surface area contributed by atoms with Crippen LogP contribution in [0.15, 0.2) is 22.2 Å². The van der Waals surface area contributed by atoms with Crippen molar-refractivity contribution in [3.05, 3.63) is 27.9 Å². The van der Waals surface area contributed by atoms with Crippen LogP contribution in [-0.4, -0.2) is 41.1 Å². The molecule has 1 amide bonds. The van der Waals surface area contributed by atoms with E-state index in [1.807, 2.05) is 29.5 Å². The summed E-state index contributed by atoms with van der Waals surface area (Å²) < 4.78 is 5.66. The van der Waals surface area contributed by atoms with Crippen molar-refractivity contribution in [3.63, 3.8) is 0 Å². The van der Waals surface area contributed by atoms with Crippen LogP contribution in [0.5, 0.6) is 0 Å². The van der Waals surface area contributed by atoms with Gasteiger partial charge in [0.25, 0.3) is 0 Å². The predicted octanol–water partition coefficient (Wildman–Crippen LogP) is 3.05. The Labute approximate surface area is 132 Å². The topological polar surface area (TPSA) is 42.4 Å². The highest BCUT2D eigenvalue weighted by Gasteiger charge is 2.26. The highest BCUT2D eigenvalue weighted by molar-refractivity contribution is 7.14. The zero-order chi connectivity index (χ0) is 14.8. The van der Waals surface area contributed by atoms with E-state index in [0.29, 0.717) is 19.5 Å². The Morgan fingerprint density at radius 2 is 2.14 bits per heavy atom. The maximum Gasteiger partial charge on any atom is 0.228 e. The van der Waals surface area contributed by atoms with Gasteiger partial charge in [-0.05, 0) is 25.3 Å². The second-order valence-electron chi connectivity index (χ2n) is 5.39. The number of ether oxygens (including phenoxy) is 1. The molecule has 112 valence electrons. The Morgan fingerprint density at radius 3 is 2.81 bits per heavy atom. The molecule has 0 N–H and O–H groups in total. The zero-order valence-corrected chi connectivity index (χ0v) is 13.7. The predicted molar refractivity (Wildman–Crippen MR) is 85.7 cm³/mol. The van der Waals surface area contributed by atoms with Gasteiger partial charge in [0.1, 0.15) is 5.01 Å². The maximum absolute atomic E-state index is 12.4. The minimum absolute atomic E-state index is 0.106. The van der Waals surface area contributed by atoms with Crippen molar-refractivity contribution in [2.75, 3.05) is 13.1 Å². The lowest BCUT2D eigenvalue weighted by molar-refractivity contribution is -0.142. The van der Waals surface area contributed by atoms with E-state index in [9.17, 15) is 4.79 Å². The SMILES string of the molecule is CC1CN(C(=O)Cc2csc(-c3ccsc3)n2)CC(C)O1. The summed E-state index contributed by atoms with van der Waals surface area (Å²) in [5, 5.41) is 7.09. The number of thiazole rings is 1. The number of nitrogens with zero attached hydrogens (tertiary/aromatic N) is 2. The monoisotopic (exact) mass is 322 g/mol. The van der Waals surface area contributed by atoms with Gasteiger partial charge in [-0.25, -0.2) is 4.98 Å². The number of carbonyl (C=O) groups excluding carboxylic acids is 1. The summed E-state index contributed by atoms with van der Waals surface area (Å²) in [6.07, 6.45) is 0.587. The number of thiophene rings is 1. The van der Waals surface area contributed by atoms with Gasteiger partial charge in [0.05, 0.1) is 24.3 Å². The van der Waals surface area contributed by atoms with Crippen LogP contribution in [-0.2, 0) is 16.0 Å². The van der Waals surface area contributed by atoms with E-state index >= 15 is 0 Å². The van der Waals surface area contributed by atoms with E-state index < -0.39 is 0 Å². The molecule has 0 aromatic carbocycles. The third-order valence-electron chi connectivity index (χ3n) is 3.42. The Hall–Kier alpha value is -1.24.